The molecule has 8 heteroatoms. The van der Waals surface area contributed by atoms with Gasteiger partial charge in [-0.1, -0.05) is 22.9 Å². The molecule has 6 nitrogen and oxygen atoms in total. The highest BCUT2D eigenvalue weighted by atomic mass is 35.5. The lowest BCUT2D eigenvalue weighted by atomic mass is 10.2. The van der Waals surface area contributed by atoms with Gasteiger partial charge in [-0.25, -0.2) is 4.98 Å². The van der Waals surface area contributed by atoms with Gasteiger partial charge >= 0.3 is 0 Å². The molecule has 27 heavy (non-hydrogen) atoms. The van der Waals surface area contributed by atoms with Gasteiger partial charge in [-0.3, -0.25) is 9.69 Å². The highest BCUT2D eigenvalue weighted by Crippen LogP contribution is 2.39. The fourth-order valence-electron chi connectivity index (χ4n) is 2.79. The van der Waals surface area contributed by atoms with Gasteiger partial charge in [-0.2, -0.15) is 0 Å². The molecule has 1 amide bonds. The molecule has 4 rings (SSSR count). The van der Waals surface area contributed by atoms with Gasteiger partial charge in [0.15, 0.2) is 16.6 Å². The Bertz CT molecular complexity index is 947. The summed E-state index contributed by atoms with van der Waals surface area (Å²) in [6.45, 7) is 1.60. The lowest BCUT2D eigenvalue weighted by Crippen LogP contribution is -3.06. The first-order chi connectivity index (χ1) is 13.0. The van der Waals surface area contributed by atoms with E-state index in [1.165, 1.54) is 16.2 Å². The number of carbonyl (C=O) groups excluding carboxylic acids is 1. The first-order valence-corrected chi connectivity index (χ1v) is 9.77. The SMILES string of the molecule is C[NH+](C)CCN(C(=O)c1ccc(Cl)cc1)c1nc2cc3c(cc2s1)OCO3. The van der Waals surface area contributed by atoms with Crippen molar-refractivity contribution in [2.24, 2.45) is 0 Å². The zero-order chi connectivity index (χ0) is 19.0. The van der Waals surface area contributed by atoms with Gasteiger partial charge in [0, 0.05) is 22.7 Å². The number of thiazole rings is 1. The number of hydrogen-bond acceptors (Lipinski definition) is 5. The third-order valence-electron chi connectivity index (χ3n) is 4.27. The second-order valence-electron chi connectivity index (χ2n) is 6.59. The molecule has 1 aromatic heterocycles. The average molecular weight is 405 g/mol. The molecule has 0 atom stereocenters. The molecule has 1 N–H and O–H groups in total. The van der Waals surface area contributed by atoms with E-state index in [4.69, 9.17) is 21.1 Å². The quantitative estimate of drug-likeness (QED) is 0.709. The van der Waals surface area contributed by atoms with E-state index in [0.717, 1.165) is 16.8 Å². The third-order valence-corrected chi connectivity index (χ3v) is 5.57. The van der Waals surface area contributed by atoms with Gasteiger partial charge in [0.05, 0.1) is 37.4 Å². The number of benzene rings is 2. The van der Waals surface area contributed by atoms with E-state index in [1.807, 2.05) is 12.1 Å². The van der Waals surface area contributed by atoms with Crippen LogP contribution < -0.4 is 19.3 Å². The summed E-state index contributed by atoms with van der Waals surface area (Å²) in [4.78, 5) is 20.8. The number of fused-ring (bicyclic) bond motifs is 2. The summed E-state index contributed by atoms with van der Waals surface area (Å²) in [5.41, 5.74) is 1.38. The van der Waals surface area contributed by atoms with E-state index >= 15 is 0 Å². The Balaban J connectivity index is 1.70. The third kappa shape index (κ3) is 3.71. The van der Waals surface area contributed by atoms with E-state index in [-0.39, 0.29) is 12.7 Å². The molecule has 0 spiro atoms. The van der Waals surface area contributed by atoms with Crippen LogP contribution in [0.25, 0.3) is 10.2 Å². The molecule has 2 aromatic carbocycles. The number of carbonyl (C=O) groups is 1. The molecule has 3 aromatic rings. The fraction of sp³-hybridized carbons (Fsp3) is 0.263. The number of amides is 1. The number of quaternary nitrogens is 1. The van der Waals surface area contributed by atoms with Crippen LogP contribution in [0.2, 0.25) is 5.02 Å². The van der Waals surface area contributed by atoms with Crippen LogP contribution in [-0.2, 0) is 0 Å². The number of nitrogens with one attached hydrogen (secondary N) is 1. The number of aromatic nitrogens is 1. The highest BCUT2D eigenvalue weighted by Gasteiger charge is 2.24. The maximum Gasteiger partial charge on any atom is 0.260 e. The van der Waals surface area contributed by atoms with E-state index in [0.29, 0.717) is 33.8 Å². The lowest BCUT2D eigenvalue weighted by molar-refractivity contribution is -0.856. The molecule has 0 aliphatic carbocycles. The van der Waals surface area contributed by atoms with Crippen LogP contribution in [0.3, 0.4) is 0 Å². The van der Waals surface area contributed by atoms with Crippen molar-refractivity contribution in [3.63, 3.8) is 0 Å². The summed E-state index contributed by atoms with van der Waals surface area (Å²) in [7, 11) is 4.12. The van der Waals surface area contributed by atoms with E-state index in [9.17, 15) is 4.79 Å². The molecule has 1 aliphatic rings. The van der Waals surface area contributed by atoms with Crippen LogP contribution in [0.1, 0.15) is 10.4 Å². The maximum absolute atomic E-state index is 13.1. The van der Waals surface area contributed by atoms with Crippen molar-refractivity contribution in [2.45, 2.75) is 0 Å². The van der Waals surface area contributed by atoms with Gasteiger partial charge in [-0.15, -0.1) is 0 Å². The number of halogens is 1. The average Bonchev–Trinajstić information content (AvgIpc) is 3.25. The van der Waals surface area contributed by atoms with E-state index in [1.54, 1.807) is 29.2 Å². The van der Waals surface area contributed by atoms with Crippen molar-refractivity contribution in [3.05, 3.63) is 47.0 Å². The predicted octanol–water partition coefficient (Wildman–Crippen LogP) is 2.47. The van der Waals surface area contributed by atoms with Gasteiger partial charge in [0.25, 0.3) is 5.91 Å². The Morgan fingerprint density at radius 1 is 1.22 bits per heavy atom. The summed E-state index contributed by atoms with van der Waals surface area (Å²) in [6, 6.07) is 10.7. The summed E-state index contributed by atoms with van der Waals surface area (Å²) >= 11 is 7.43. The van der Waals surface area contributed by atoms with Crippen LogP contribution in [-0.4, -0.2) is 44.9 Å². The zero-order valence-electron chi connectivity index (χ0n) is 15.0. The Morgan fingerprint density at radius 3 is 2.63 bits per heavy atom. The van der Waals surface area contributed by atoms with Crippen molar-refractivity contribution in [1.29, 1.82) is 0 Å². The molecule has 2 heterocycles. The van der Waals surface area contributed by atoms with Crippen molar-refractivity contribution in [2.75, 3.05) is 38.9 Å². The number of nitrogens with zero attached hydrogens (tertiary/aromatic N) is 2. The molecule has 140 valence electrons. The van der Waals surface area contributed by atoms with Crippen LogP contribution >= 0.6 is 22.9 Å². The van der Waals surface area contributed by atoms with Crippen molar-refractivity contribution >= 4 is 44.2 Å². The number of rotatable bonds is 5. The summed E-state index contributed by atoms with van der Waals surface area (Å²) in [6.07, 6.45) is 0. The molecular formula is C19H19ClN3O3S+. The topological polar surface area (TPSA) is 56.1 Å². The lowest BCUT2D eigenvalue weighted by Gasteiger charge is -2.20. The second kappa shape index (κ2) is 7.34. The van der Waals surface area contributed by atoms with Gasteiger partial charge in [0.2, 0.25) is 6.79 Å². The summed E-state index contributed by atoms with van der Waals surface area (Å²) in [5.74, 6) is 1.31. The van der Waals surface area contributed by atoms with Crippen molar-refractivity contribution in [3.8, 4) is 11.5 Å². The monoisotopic (exact) mass is 404 g/mol. The molecule has 0 saturated heterocycles. The maximum atomic E-state index is 13.1. The van der Waals surface area contributed by atoms with Crippen LogP contribution in [0, 0.1) is 0 Å². The Hall–Kier alpha value is -2.35. The minimum atomic E-state index is -0.0907. The number of anilines is 1. The molecule has 0 bridgehead atoms. The van der Waals surface area contributed by atoms with E-state index < -0.39 is 0 Å². The minimum Gasteiger partial charge on any atom is -0.454 e. The molecule has 0 radical (unpaired) electrons. The van der Waals surface area contributed by atoms with E-state index in [2.05, 4.69) is 19.1 Å². The number of hydrogen-bond donors (Lipinski definition) is 1. The molecule has 0 unspecified atom stereocenters. The molecular weight excluding hydrogens is 386 g/mol. The number of ether oxygens (including phenoxy) is 2. The van der Waals surface area contributed by atoms with Crippen LogP contribution in [0.4, 0.5) is 5.13 Å². The second-order valence-corrected chi connectivity index (χ2v) is 8.04. The molecule has 0 fully saturated rings. The van der Waals surface area contributed by atoms with Gasteiger partial charge < -0.3 is 14.4 Å². The smallest absolute Gasteiger partial charge is 0.260 e. The first kappa shape index (κ1) is 18.0. The first-order valence-electron chi connectivity index (χ1n) is 8.58. The number of likely N-dealkylation sites (N-methyl/N-ethyl adjacent to an activating group) is 1. The molecule has 1 aliphatic heterocycles. The molecule has 0 saturated carbocycles. The van der Waals surface area contributed by atoms with Crippen molar-refractivity contribution < 1.29 is 19.2 Å². The highest BCUT2D eigenvalue weighted by molar-refractivity contribution is 7.22. The Kier molecular flexibility index (Phi) is 4.90. The Labute approximate surface area is 165 Å². The normalized spacial score (nSPS) is 12.7. The summed E-state index contributed by atoms with van der Waals surface area (Å²) < 4.78 is 11.8. The van der Waals surface area contributed by atoms with Gasteiger partial charge in [0.1, 0.15) is 0 Å². The van der Waals surface area contributed by atoms with Crippen molar-refractivity contribution in [1.82, 2.24) is 4.98 Å². The minimum absolute atomic E-state index is 0.0907. The Morgan fingerprint density at radius 2 is 1.93 bits per heavy atom. The standard InChI is InChI=1S/C19H18ClN3O3S/c1-22(2)7-8-23(18(24)12-3-5-13(20)6-4-12)19-21-14-9-15-16(26-11-25-15)10-17(14)27-19/h3-6,9-10H,7-8,11H2,1-2H3/p+1. The van der Waals surface area contributed by atoms with Gasteiger partial charge in [-0.05, 0) is 24.3 Å². The summed E-state index contributed by atoms with van der Waals surface area (Å²) in [5, 5.41) is 1.26. The predicted molar refractivity (Wildman–Crippen MR) is 107 cm³/mol. The fourth-order valence-corrected chi connectivity index (χ4v) is 3.92. The largest absolute Gasteiger partial charge is 0.454 e. The zero-order valence-corrected chi connectivity index (χ0v) is 16.6. The van der Waals surface area contributed by atoms with Crippen LogP contribution in [0.15, 0.2) is 36.4 Å². The van der Waals surface area contributed by atoms with Crippen LogP contribution in [0.5, 0.6) is 11.5 Å².